The molecule has 1 saturated carbocycles. The van der Waals surface area contributed by atoms with E-state index in [0.29, 0.717) is 6.04 Å². The molecule has 0 heterocycles. The molecule has 0 spiro atoms. The lowest BCUT2D eigenvalue weighted by molar-refractivity contribution is 0.258. The molecule has 1 fully saturated rings. The molecule has 0 saturated heterocycles. The smallest absolute Gasteiger partial charge is 0.166 e. The maximum Gasteiger partial charge on any atom is 0.166 e. The van der Waals surface area contributed by atoms with Crippen LogP contribution in [-0.4, -0.2) is 17.7 Å². The van der Waals surface area contributed by atoms with Crippen LogP contribution in [-0.2, 0) is 0 Å². The minimum atomic E-state index is 0.547. The van der Waals surface area contributed by atoms with Crippen molar-refractivity contribution < 1.29 is 0 Å². The van der Waals surface area contributed by atoms with Crippen LogP contribution in [0.2, 0.25) is 0 Å². The van der Waals surface area contributed by atoms with Crippen molar-refractivity contribution in [1.82, 2.24) is 10.6 Å². The molecule has 0 aliphatic heterocycles. The summed E-state index contributed by atoms with van der Waals surface area (Å²) in [6.45, 7) is 5.42. The van der Waals surface area contributed by atoms with Crippen molar-refractivity contribution in [1.29, 1.82) is 0 Å². The van der Waals surface area contributed by atoms with Gasteiger partial charge < -0.3 is 10.6 Å². The van der Waals surface area contributed by atoms with Crippen molar-refractivity contribution in [2.24, 2.45) is 5.92 Å². The van der Waals surface area contributed by atoms with Crippen molar-refractivity contribution in [3.05, 3.63) is 0 Å². The van der Waals surface area contributed by atoms with Crippen LogP contribution < -0.4 is 10.6 Å². The van der Waals surface area contributed by atoms with Gasteiger partial charge in [0.15, 0.2) is 5.11 Å². The molecule has 2 N–H and O–H groups in total. The molecule has 82 valence electrons. The number of hydrogen-bond acceptors (Lipinski definition) is 1. The Hall–Kier alpha value is -0.310. The van der Waals surface area contributed by atoms with Gasteiger partial charge in [0, 0.05) is 12.6 Å². The molecule has 1 rings (SSSR count). The molecule has 2 nitrogen and oxygen atoms in total. The van der Waals surface area contributed by atoms with Gasteiger partial charge in [-0.05, 0) is 44.3 Å². The molecule has 0 aromatic heterocycles. The van der Waals surface area contributed by atoms with Crippen LogP contribution in [0, 0.1) is 5.92 Å². The van der Waals surface area contributed by atoms with Gasteiger partial charge >= 0.3 is 0 Å². The van der Waals surface area contributed by atoms with E-state index in [-0.39, 0.29) is 0 Å². The number of rotatable bonds is 5. The summed E-state index contributed by atoms with van der Waals surface area (Å²) in [6.07, 6.45) is 6.54. The highest BCUT2D eigenvalue weighted by Crippen LogP contribution is 2.29. The molecule has 0 amide bonds. The third kappa shape index (κ3) is 3.82. The Morgan fingerprint density at radius 3 is 2.71 bits per heavy atom. The lowest BCUT2D eigenvalue weighted by Crippen LogP contribution is -2.45. The van der Waals surface area contributed by atoms with E-state index in [9.17, 15) is 0 Å². The number of hydrogen-bond donors (Lipinski definition) is 2. The molecule has 0 aromatic carbocycles. The Balaban J connectivity index is 2.06. The van der Waals surface area contributed by atoms with Crippen LogP contribution >= 0.6 is 12.2 Å². The zero-order chi connectivity index (χ0) is 10.4. The van der Waals surface area contributed by atoms with Crippen LogP contribution in [0.5, 0.6) is 0 Å². The molecule has 1 aliphatic rings. The Morgan fingerprint density at radius 2 is 2.21 bits per heavy atom. The molecule has 0 bridgehead atoms. The van der Waals surface area contributed by atoms with Crippen LogP contribution in [0.4, 0.5) is 0 Å². The first-order chi connectivity index (χ1) is 6.74. The predicted molar refractivity (Wildman–Crippen MR) is 65.4 cm³/mol. The van der Waals surface area contributed by atoms with Crippen molar-refractivity contribution >= 4 is 17.3 Å². The summed E-state index contributed by atoms with van der Waals surface area (Å²) in [5.74, 6) is 0.848. The van der Waals surface area contributed by atoms with Gasteiger partial charge in [0.1, 0.15) is 0 Å². The van der Waals surface area contributed by atoms with Gasteiger partial charge in [-0.2, -0.15) is 0 Å². The van der Waals surface area contributed by atoms with E-state index >= 15 is 0 Å². The summed E-state index contributed by atoms with van der Waals surface area (Å²) < 4.78 is 0. The van der Waals surface area contributed by atoms with Crippen LogP contribution in [0.1, 0.15) is 46.0 Å². The van der Waals surface area contributed by atoms with E-state index in [1.54, 1.807) is 0 Å². The SMILES string of the molecule is CCCCNC(=S)NC(C)C1CCC1. The Kier molecular flexibility index (Phi) is 5.23. The molecular formula is C11H22N2S. The molecule has 1 unspecified atom stereocenters. The van der Waals surface area contributed by atoms with Crippen molar-refractivity contribution in [3.63, 3.8) is 0 Å². The third-order valence-corrected chi connectivity index (χ3v) is 3.29. The number of nitrogens with one attached hydrogen (secondary N) is 2. The van der Waals surface area contributed by atoms with Crippen LogP contribution in [0.3, 0.4) is 0 Å². The second-order valence-electron chi connectivity index (χ2n) is 4.23. The molecule has 0 radical (unpaired) electrons. The van der Waals surface area contributed by atoms with Gasteiger partial charge in [0.25, 0.3) is 0 Å². The van der Waals surface area contributed by atoms with E-state index in [4.69, 9.17) is 12.2 Å². The van der Waals surface area contributed by atoms with E-state index < -0.39 is 0 Å². The summed E-state index contributed by atoms with van der Waals surface area (Å²) in [6, 6.07) is 0.547. The van der Waals surface area contributed by atoms with Gasteiger partial charge in [0.2, 0.25) is 0 Å². The maximum atomic E-state index is 5.21. The topological polar surface area (TPSA) is 24.1 Å². The van der Waals surface area contributed by atoms with Gasteiger partial charge in [-0.25, -0.2) is 0 Å². The Morgan fingerprint density at radius 1 is 1.50 bits per heavy atom. The van der Waals surface area contributed by atoms with Gasteiger partial charge in [0.05, 0.1) is 0 Å². The largest absolute Gasteiger partial charge is 0.363 e. The zero-order valence-electron chi connectivity index (χ0n) is 9.31. The monoisotopic (exact) mass is 214 g/mol. The number of thiocarbonyl (C=S) groups is 1. The fraction of sp³-hybridized carbons (Fsp3) is 0.909. The standard InChI is InChI=1S/C11H22N2S/c1-3-4-8-12-11(14)13-9(2)10-6-5-7-10/h9-10H,3-8H2,1-2H3,(H2,12,13,14). The molecule has 1 aliphatic carbocycles. The van der Waals surface area contributed by atoms with Crippen LogP contribution in [0.25, 0.3) is 0 Å². The first-order valence-electron chi connectivity index (χ1n) is 5.78. The minimum Gasteiger partial charge on any atom is -0.363 e. The first-order valence-corrected chi connectivity index (χ1v) is 6.19. The lowest BCUT2D eigenvalue weighted by Gasteiger charge is -2.32. The molecule has 1 atom stereocenters. The Bertz CT molecular complexity index is 178. The Labute approximate surface area is 92.8 Å². The lowest BCUT2D eigenvalue weighted by atomic mass is 9.80. The van der Waals surface area contributed by atoms with E-state index in [1.807, 2.05) is 0 Å². The maximum absolute atomic E-state index is 5.21. The highest BCUT2D eigenvalue weighted by molar-refractivity contribution is 7.80. The average molecular weight is 214 g/mol. The second kappa shape index (κ2) is 6.23. The summed E-state index contributed by atoms with van der Waals surface area (Å²) in [4.78, 5) is 0. The average Bonchev–Trinajstić information content (AvgIpc) is 2.00. The molecule has 0 aromatic rings. The van der Waals surface area contributed by atoms with Crippen molar-refractivity contribution in [3.8, 4) is 0 Å². The quantitative estimate of drug-likeness (QED) is 0.543. The highest BCUT2D eigenvalue weighted by atomic mass is 32.1. The third-order valence-electron chi connectivity index (χ3n) is 3.03. The second-order valence-corrected chi connectivity index (χ2v) is 4.64. The molecule has 14 heavy (non-hydrogen) atoms. The van der Waals surface area contributed by atoms with Gasteiger partial charge in [-0.15, -0.1) is 0 Å². The summed E-state index contributed by atoms with van der Waals surface area (Å²) in [5, 5.41) is 7.43. The van der Waals surface area contributed by atoms with Crippen molar-refractivity contribution in [2.75, 3.05) is 6.54 Å². The first kappa shape index (κ1) is 11.8. The summed E-state index contributed by atoms with van der Waals surface area (Å²) in [7, 11) is 0. The zero-order valence-corrected chi connectivity index (χ0v) is 10.1. The number of unbranched alkanes of at least 4 members (excludes halogenated alkanes) is 1. The fourth-order valence-electron chi connectivity index (χ4n) is 1.69. The van der Waals surface area contributed by atoms with E-state index in [1.165, 1.54) is 32.1 Å². The van der Waals surface area contributed by atoms with Gasteiger partial charge in [-0.1, -0.05) is 19.8 Å². The normalized spacial score (nSPS) is 18.4. The summed E-state index contributed by atoms with van der Waals surface area (Å²) >= 11 is 5.21. The van der Waals surface area contributed by atoms with E-state index in [2.05, 4.69) is 24.5 Å². The van der Waals surface area contributed by atoms with Crippen molar-refractivity contribution in [2.45, 2.75) is 52.0 Å². The van der Waals surface area contributed by atoms with Crippen LogP contribution in [0.15, 0.2) is 0 Å². The predicted octanol–water partition coefficient (Wildman–Crippen LogP) is 2.44. The summed E-state index contributed by atoms with van der Waals surface area (Å²) in [5.41, 5.74) is 0. The highest BCUT2D eigenvalue weighted by Gasteiger charge is 2.23. The minimum absolute atomic E-state index is 0.547. The molecule has 3 heteroatoms. The fourth-order valence-corrected chi connectivity index (χ4v) is 1.98. The van der Waals surface area contributed by atoms with Gasteiger partial charge in [-0.3, -0.25) is 0 Å². The molecular weight excluding hydrogens is 192 g/mol. The van der Waals surface area contributed by atoms with E-state index in [0.717, 1.165) is 17.6 Å².